The molecule has 1 heterocycles. The maximum Gasteiger partial charge on any atom is 0.214 e. The van der Waals surface area contributed by atoms with Crippen LogP contribution >= 0.6 is 11.6 Å². The van der Waals surface area contributed by atoms with Gasteiger partial charge in [0, 0.05) is 18.1 Å². The molecule has 0 saturated carbocycles. The van der Waals surface area contributed by atoms with E-state index < -0.39 is 0 Å². The summed E-state index contributed by atoms with van der Waals surface area (Å²) in [6.07, 6.45) is 1.71. The van der Waals surface area contributed by atoms with Gasteiger partial charge in [-0.2, -0.15) is 0 Å². The molecule has 0 radical (unpaired) electrons. The molecule has 0 saturated heterocycles. The van der Waals surface area contributed by atoms with Gasteiger partial charge in [0.2, 0.25) is 5.88 Å². The van der Waals surface area contributed by atoms with Crippen molar-refractivity contribution in [2.75, 3.05) is 0 Å². The van der Waals surface area contributed by atoms with Crippen molar-refractivity contribution < 1.29 is 4.74 Å². The monoisotopic (exact) mass is 199 g/mol. The summed E-state index contributed by atoms with van der Waals surface area (Å²) in [5.74, 6) is 1.12. The van der Waals surface area contributed by atoms with Crippen LogP contribution in [0.3, 0.4) is 0 Å². The molecular formula is C10H14ClNO. The number of ether oxygens (including phenoxy) is 1. The Morgan fingerprint density at radius 2 is 2.15 bits per heavy atom. The molecule has 0 spiro atoms. The number of pyridine rings is 1. The zero-order valence-electron chi connectivity index (χ0n) is 8.17. The quantitative estimate of drug-likeness (QED) is 0.684. The maximum absolute atomic E-state index is 5.69. The Morgan fingerprint density at radius 3 is 2.69 bits per heavy atom. The van der Waals surface area contributed by atoms with Gasteiger partial charge in [0.25, 0.3) is 0 Å². The average Bonchev–Trinajstić information content (AvgIpc) is 2.01. The Bertz CT molecular complexity index is 280. The fourth-order valence-corrected chi connectivity index (χ4v) is 1.07. The Balaban J connectivity index is 2.78. The highest BCUT2D eigenvalue weighted by Gasteiger charge is 2.12. The summed E-state index contributed by atoms with van der Waals surface area (Å²) in [7, 11) is 0. The van der Waals surface area contributed by atoms with Crippen LogP contribution < -0.4 is 4.74 Å². The average molecular weight is 200 g/mol. The molecule has 1 aromatic heterocycles. The molecule has 0 aliphatic heterocycles. The molecule has 0 aliphatic rings. The Hall–Kier alpha value is -0.760. The molecule has 0 atom stereocenters. The normalized spacial score (nSPS) is 11.4. The highest BCUT2D eigenvalue weighted by Crippen LogP contribution is 2.16. The summed E-state index contributed by atoms with van der Waals surface area (Å²) in [4.78, 5) is 4.09. The maximum atomic E-state index is 5.69. The van der Waals surface area contributed by atoms with Crippen LogP contribution in [0.5, 0.6) is 5.88 Å². The van der Waals surface area contributed by atoms with Crippen molar-refractivity contribution in [1.82, 2.24) is 4.98 Å². The first-order valence-corrected chi connectivity index (χ1v) is 4.74. The third-order valence-electron chi connectivity index (χ3n) is 1.36. The van der Waals surface area contributed by atoms with Crippen molar-refractivity contribution >= 4 is 11.6 Å². The smallest absolute Gasteiger partial charge is 0.214 e. The minimum atomic E-state index is -0.210. The molecule has 1 rings (SSSR count). The van der Waals surface area contributed by atoms with E-state index in [0.29, 0.717) is 11.8 Å². The summed E-state index contributed by atoms with van der Waals surface area (Å²) >= 11 is 5.69. The van der Waals surface area contributed by atoms with Crippen molar-refractivity contribution in [1.29, 1.82) is 0 Å². The predicted octanol–water partition coefficient (Wildman–Crippen LogP) is 3.00. The van der Waals surface area contributed by atoms with Gasteiger partial charge in [-0.05, 0) is 32.4 Å². The van der Waals surface area contributed by atoms with Gasteiger partial charge in [0.05, 0.1) is 0 Å². The second-order valence-electron chi connectivity index (χ2n) is 3.85. The molecule has 0 fully saturated rings. The van der Waals surface area contributed by atoms with Gasteiger partial charge in [-0.1, -0.05) is 0 Å². The largest absolute Gasteiger partial charge is 0.472 e. The summed E-state index contributed by atoms with van der Waals surface area (Å²) in [6.45, 7) is 5.96. The number of aromatic nitrogens is 1. The standard InChI is InChI=1S/C10H14ClNO/c1-10(2,3)13-9-6-8(7-11)4-5-12-9/h4-6H,7H2,1-3H3. The summed E-state index contributed by atoms with van der Waals surface area (Å²) in [5, 5.41) is 0. The van der Waals surface area contributed by atoms with Crippen molar-refractivity contribution in [3.8, 4) is 5.88 Å². The SMILES string of the molecule is CC(C)(C)Oc1cc(CCl)ccn1. The van der Waals surface area contributed by atoms with Crippen molar-refractivity contribution in [3.05, 3.63) is 23.9 Å². The van der Waals surface area contributed by atoms with Gasteiger partial charge in [0.1, 0.15) is 5.60 Å². The summed E-state index contributed by atoms with van der Waals surface area (Å²) in [5.41, 5.74) is 0.814. The molecule has 0 bridgehead atoms. The van der Waals surface area contributed by atoms with Crippen LogP contribution in [0.1, 0.15) is 26.3 Å². The first-order valence-electron chi connectivity index (χ1n) is 4.21. The molecule has 0 unspecified atom stereocenters. The second-order valence-corrected chi connectivity index (χ2v) is 4.12. The van der Waals surface area contributed by atoms with Gasteiger partial charge >= 0.3 is 0 Å². The van der Waals surface area contributed by atoms with Crippen LogP contribution in [-0.4, -0.2) is 10.6 Å². The fraction of sp³-hybridized carbons (Fsp3) is 0.500. The van der Waals surface area contributed by atoms with E-state index in [2.05, 4.69) is 4.98 Å². The van der Waals surface area contributed by atoms with E-state index in [4.69, 9.17) is 16.3 Å². The van der Waals surface area contributed by atoms with E-state index in [1.165, 1.54) is 0 Å². The molecular weight excluding hydrogens is 186 g/mol. The molecule has 0 aliphatic carbocycles. The molecule has 0 N–H and O–H groups in total. The molecule has 0 amide bonds. The lowest BCUT2D eigenvalue weighted by Crippen LogP contribution is -2.23. The Kier molecular flexibility index (Phi) is 3.15. The lowest BCUT2D eigenvalue weighted by Gasteiger charge is -2.20. The first-order chi connectivity index (χ1) is 6.01. The Labute approximate surface area is 83.9 Å². The van der Waals surface area contributed by atoms with Gasteiger partial charge < -0.3 is 4.74 Å². The lowest BCUT2D eigenvalue weighted by atomic mass is 10.2. The van der Waals surface area contributed by atoms with Crippen LogP contribution in [0.4, 0.5) is 0 Å². The van der Waals surface area contributed by atoms with Crippen LogP contribution in [0.25, 0.3) is 0 Å². The van der Waals surface area contributed by atoms with E-state index in [9.17, 15) is 0 Å². The molecule has 13 heavy (non-hydrogen) atoms. The van der Waals surface area contributed by atoms with E-state index in [-0.39, 0.29) is 5.60 Å². The fourth-order valence-electron chi connectivity index (χ4n) is 0.903. The number of hydrogen-bond donors (Lipinski definition) is 0. The molecule has 72 valence electrons. The topological polar surface area (TPSA) is 22.1 Å². The van der Waals surface area contributed by atoms with E-state index in [1.807, 2.05) is 32.9 Å². The molecule has 0 aromatic carbocycles. The van der Waals surface area contributed by atoms with Crippen LogP contribution in [-0.2, 0) is 5.88 Å². The van der Waals surface area contributed by atoms with Crippen LogP contribution in [0.15, 0.2) is 18.3 Å². The second kappa shape index (κ2) is 3.97. The van der Waals surface area contributed by atoms with Crippen LogP contribution in [0.2, 0.25) is 0 Å². The minimum Gasteiger partial charge on any atom is -0.472 e. The minimum absolute atomic E-state index is 0.210. The zero-order chi connectivity index (χ0) is 9.90. The molecule has 3 heteroatoms. The van der Waals surface area contributed by atoms with Gasteiger partial charge in [-0.15, -0.1) is 11.6 Å². The van der Waals surface area contributed by atoms with Crippen LogP contribution in [0, 0.1) is 0 Å². The predicted molar refractivity (Wildman–Crippen MR) is 54.2 cm³/mol. The number of halogens is 1. The number of nitrogens with zero attached hydrogens (tertiary/aromatic N) is 1. The molecule has 1 aromatic rings. The lowest BCUT2D eigenvalue weighted by molar-refractivity contribution is 0.124. The molecule has 2 nitrogen and oxygen atoms in total. The number of hydrogen-bond acceptors (Lipinski definition) is 2. The summed E-state index contributed by atoms with van der Waals surface area (Å²) < 4.78 is 5.57. The van der Waals surface area contributed by atoms with Gasteiger partial charge in [-0.3, -0.25) is 0 Å². The Morgan fingerprint density at radius 1 is 1.46 bits per heavy atom. The van der Waals surface area contributed by atoms with Crippen molar-refractivity contribution in [2.24, 2.45) is 0 Å². The highest BCUT2D eigenvalue weighted by molar-refractivity contribution is 6.17. The number of alkyl halides is 1. The van der Waals surface area contributed by atoms with E-state index in [1.54, 1.807) is 6.20 Å². The third-order valence-corrected chi connectivity index (χ3v) is 1.67. The van der Waals surface area contributed by atoms with E-state index >= 15 is 0 Å². The van der Waals surface area contributed by atoms with Gasteiger partial charge in [-0.25, -0.2) is 4.98 Å². The van der Waals surface area contributed by atoms with E-state index in [0.717, 1.165) is 5.56 Å². The first kappa shape index (κ1) is 10.3. The van der Waals surface area contributed by atoms with Crippen molar-refractivity contribution in [3.63, 3.8) is 0 Å². The number of rotatable bonds is 2. The summed E-state index contributed by atoms with van der Waals surface area (Å²) in [6, 6.07) is 3.74. The zero-order valence-corrected chi connectivity index (χ0v) is 8.93. The third kappa shape index (κ3) is 3.64. The van der Waals surface area contributed by atoms with Crippen molar-refractivity contribution in [2.45, 2.75) is 32.3 Å². The highest BCUT2D eigenvalue weighted by atomic mass is 35.5. The van der Waals surface area contributed by atoms with Gasteiger partial charge in [0.15, 0.2) is 0 Å².